The van der Waals surface area contributed by atoms with Crippen LogP contribution >= 0.6 is 0 Å². The number of imidazole rings is 1. The number of carbonyl (C=O) groups excluding carboxylic acids is 1. The first-order chi connectivity index (χ1) is 16.0. The molecule has 172 valence electrons. The van der Waals surface area contributed by atoms with Crippen LogP contribution in [0.15, 0.2) is 33.9 Å². The fourth-order valence-corrected chi connectivity index (χ4v) is 4.01. The van der Waals surface area contributed by atoms with Crippen molar-refractivity contribution in [3.05, 3.63) is 56.2 Å². The molecule has 10 heteroatoms. The molecule has 33 heavy (non-hydrogen) atoms. The molecule has 10 nitrogen and oxygen atoms in total. The van der Waals surface area contributed by atoms with Gasteiger partial charge in [-0.15, -0.1) is 5.92 Å². The molecule has 0 spiro atoms. The van der Waals surface area contributed by atoms with E-state index in [9.17, 15) is 14.4 Å². The standard InChI is InChI=1S/C23H26N6O4/c1-4-5-11-28-18-19(25-22(28)27-12-9-24-10-13-27)26(2)23(32)29(20(18)30)15-16-7-6-8-17(14-16)21(31)33-3/h6-8,14,24H,9-13,15H2,1-3H3. The molecule has 3 heterocycles. The van der Waals surface area contributed by atoms with Gasteiger partial charge in [0.05, 0.1) is 25.8 Å². The number of rotatable bonds is 5. The lowest BCUT2D eigenvalue weighted by molar-refractivity contribution is 0.0600. The lowest BCUT2D eigenvalue weighted by Gasteiger charge is -2.28. The highest BCUT2D eigenvalue weighted by Gasteiger charge is 2.24. The maximum Gasteiger partial charge on any atom is 0.337 e. The predicted molar refractivity (Wildman–Crippen MR) is 125 cm³/mol. The third kappa shape index (κ3) is 4.15. The summed E-state index contributed by atoms with van der Waals surface area (Å²) in [5, 5.41) is 3.31. The lowest BCUT2D eigenvalue weighted by Crippen LogP contribution is -2.44. The van der Waals surface area contributed by atoms with Crippen LogP contribution in [0.1, 0.15) is 22.8 Å². The summed E-state index contributed by atoms with van der Waals surface area (Å²) >= 11 is 0. The number of anilines is 1. The van der Waals surface area contributed by atoms with Crippen molar-refractivity contribution < 1.29 is 9.53 Å². The van der Waals surface area contributed by atoms with Crippen LogP contribution in [0.2, 0.25) is 0 Å². The first-order valence-corrected chi connectivity index (χ1v) is 10.7. The van der Waals surface area contributed by atoms with E-state index in [1.807, 2.05) is 0 Å². The Kier molecular flexibility index (Phi) is 6.33. The number of nitrogens with zero attached hydrogens (tertiary/aromatic N) is 5. The first-order valence-electron chi connectivity index (χ1n) is 10.7. The van der Waals surface area contributed by atoms with Crippen molar-refractivity contribution in [2.45, 2.75) is 20.0 Å². The molecular weight excluding hydrogens is 424 g/mol. The fourth-order valence-electron chi connectivity index (χ4n) is 4.01. The van der Waals surface area contributed by atoms with Gasteiger partial charge in [-0.2, -0.15) is 4.98 Å². The predicted octanol–water partition coefficient (Wildman–Crippen LogP) is 0.165. The van der Waals surface area contributed by atoms with Crippen LogP contribution in [0.5, 0.6) is 0 Å². The Labute approximate surface area is 190 Å². The van der Waals surface area contributed by atoms with Crippen molar-refractivity contribution in [3.8, 4) is 11.8 Å². The highest BCUT2D eigenvalue weighted by molar-refractivity contribution is 5.89. The van der Waals surface area contributed by atoms with Crippen LogP contribution in [0.4, 0.5) is 5.95 Å². The Morgan fingerprint density at radius 2 is 1.97 bits per heavy atom. The minimum absolute atomic E-state index is 0.0138. The van der Waals surface area contributed by atoms with Crippen LogP contribution in [0, 0.1) is 11.8 Å². The highest BCUT2D eigenvalue weighted by atomic mass is 16.5. The number of methoxy groups -OCH3 is 1. The molecule has 1 N–H and O–H groups in total. The average molecular weight is 450 g/mol. The topological polar surface area (TPSA) is 103 Å². The number of esters is 1. The molecular formula is C23H26N6O4. The van der Waals surface area contributed by atoms with Gasteiger partial charge in [-0.05, 0) is 24.6 Å². The summed E-state index contributed by atoms with van der Waals surface area (Å²) in [4.78, 5) is 45.4. The maximum absolute atomic E-state index is 13.6. The highest BCUT2D eigenvalue weighted by Crippen LogP contribution is 2.20. The second kappa shape index (κ2) is 9.34. The van der Waals surface area contributed by atoms with Gasteiger partial charge < -0.3 is 15.0 Å². The summed E-state index contributed by atoms with van der Waals surface area (Å²) in [5.41, 5.74) is 0.731. The largest absolute Gasteiger partial charge is 0.465 e. The van der Waals surface area contributed by atoms with Gasteiger partial charge in [0.1, 0.15) is 0 Å². The summed E-state index contributed by atoms with van der Waals surface area (Å²) in [6, 6.07) is 6.69. The van der Waals surface area contributed by atoms with Gasteiger partial charge >= 0.3 is 11.7 Å². The average Bonchev–Trinajstić information content (AvgIpc) is 3.24. The Hall–Kier alpha value is -3.84. The second-order valence-electron chi connectivity index (χ2n) is 7.76. The van der Waals surface area contributed by atoms with Gasteiger partial charge in [-0.25, -0.2) is 9.59 Å². The number of piperazine rings is 1. The number of nitrogens with one attached hydrogen (secondary N) is 1. The summed E-state index contributed by atoms with van der Waals surface area (Å²) in [6.45, 7) is 5.14. The molecule has 1 aromatic carbocycles. The van der Waals surface area contributed by atoms with Gasteiger partial charge in [0, 0.05) is 33.2 Å². The van der Waals surface area contributed by atoms with E-state index in [2.05, 4.69) is 27.0 Å². The summed E-state index contributed by atoms with van der Waals surface area (Å²) < 4.78 is 9.12. The summed E-state index contributed by atoms with van der Waals surface area (Å²) in [7, 11) is 2.91. The van der Waals surface area contributed by atoms with Crippen molar-refractivity contribution in [1.29, 1.82) is 0 Å². The minimum Gasteiger partial charge on any atom is -0.465 e. The molecule has 0 aliphatic carbocycles. The quantitative estimate of drug-likeness (QED) is 0.436. The molecule has 0 radical (unpaired) electrons. The number of hydrogen-bond donors (Lipinski definition) is 1. The Balaban J connectivity index is 1.88. The van der Waals surface area contributed by atoms with E-state index in [1.54, 1.807) is 42.8 Å². The molecule has 4 rings (SSSR count). The second-order valence-corrected chi connectivity index (χ2v) is 7.76. The van der Waals surface area contributed by atoms with Gasteiger partial charge in [-0.3, -0.25) is 18.5 Å². The van der Waals surface area contributed by atoms with Crippen LogP contribution in [0.25, 0.3) is 11.2 Å². The van der Waals surface area contributed by atoms with Crippen molar-refractivity contribution in [2.24, 2.45) is 7.05 Å². The summed E-state index contributed by atoms with van der Waals surface area (Å²) in [6.07, 6.45) is 0. The molecule has 2 aromatic heterocycles. The molecule has 1 aliphatic rings. The van der Waals surface area contributed by atoms with E-state index in [0.717, 1.165) is 30.7 Å². The first kappa shape index (κ1) is 22.4. The maximum atomic E-state index is 13.6. The van der Waals surface area contributed by atoms with Gasteiger partial charge in [0.25, 0.3) is 5.56 Å². The number of aromatic nitrogens is 4. The number of carbonyl (C=O) groups is 1. The molecule has 0 bridgehead atoms. The third-order valence-corrected chi connectivity index (χ3v) is 5.71. The molecule has 3 aromatic rings. The number of benzene rings is 1. The Morgan fingerprint density at radius 1 is 1.21 bits per heavy atom. The SMILES string of the molecule is CC#CCn1c(N2CCNCC2)nc2c1c(=O)n(Cc1cccc(C(=O)OC)c1)c(=O)n2C. The van der Waals surface area contributed by atoms with Crippen molar-refractivity contribution in [2.75, 3.05) is 38.2 Å². The van der Waals surface area contributed by atoms with Crippen molar-refractivity contribution >= 4 is 23.1 Å². The number of aryl methyl sites for hydroxylation is 1. The van der Waals surface area contributed by atoms with E-state index in [4.69, 9.17) is 4.74 Å². The minimum atomic E-state index is -0.482. The number of hydrogen-bond acceptors (Lipinski definition) is 7. The molecule has 1 saturated heterocycles. The number of fused-ring (bicyclic) bond motifs is 1. The van der Waals surface area contributed by atoms with E-state index < -0.39 is 17.2 Å². The number of ether oxygens (including phenoxy) is 1. The van der Waals surface area contributed by atoms with Crippen molar-refractivity contribution in [1.82, 2.24) is 24.0 Å². The zero-order valence-electron chi connectivity index (χ0n) is 18.9. The van der Waals surface area contributed by atoms with Gasteiger partial charge in [-0.1, -0.05) is 18.1 Å². The van der Waals surface area contributed by atoms with Crippen LogP contribution in [-0.2, 0) is 24.9 Å². The monoisotopic (exact) mass is 450 g/mol. The molecule has 0 atom stereocenters. The van der Waals surface area contributed by atoms with E-state index >= 15 is 0 Å². The van der Waals surface area contributed by atoms with Crippen LogP contribution in [-0.4, -0.2) is 57.9 Å². The molecule has 0 saturated carbocycles. The van der Waals surface area contributed by atoms with E-state index in [1.165, 1.54) is 11.7 Å². The normalized spacial score (nSPS) is 13.6. The zero-order valence-corrected chi connectivity index (χ0v) is 18.9. The third-order valence-electron chi connectivity index (χ3n) is 5.71. The smallest absolute Gasteiger partial charge is 0.337 e. The van der Waals surface area contributed by atoms with Gasteiger partial charge in [0.2, 0.25) is 5.95 Å². The van der Waals surface area contributed by atoms with Crippen LogP contribution in [0.3, 0.4) is 0 Å². The van der Waals surface area contributed by atoms with E-state index in [-0.39, 0.29) is 13.1 Å². The molecule has 1 fully saturated rings. The summed E-state index contributed by atoms with van der Waals surface area (Å²) in [5.74, 6) is 6.04. The molecule has 1 aliphatic heterocycles. The lowest BCUT2D eigenvalue weighted by atomic mass is 10.1. The van der Waals surface area contributed by atoms with Crippen LogP contribution < -0.4 is 21.5 Å². The Bertz CT molecular complexity index is 1380. The molecule has 0 amide bonds. The fraction of sp³-hybridized carbons (Fsp3) is 0.391. The zero-order chi connectivity index (χ0) is 23.5. The van der Waals surface area contributed by atoms with Crippen molar-refractivity contribution in [3.63, 3.8) is 0 Å². The van der Waals surface area contributed by atoms with Gasteiger partial charge in [0.15, 0.2) is 11.2 Å². The van der Waals surface area contributed by atoms with E-state index in [0.29, 0.717) is 28.2 Å². The Morgan fingerprint density at radius 3 is 2.67 bits per heavy atom. The molecule has 0 unspecified atom stereocenters.